The molecule has 0 bridgehead atoms. The van der Waals surface area contributed by atoms with Crippen molar-refractivity contribution in [2.45, 2.75) is 37.6 Å². The fourth-order valence-electron chi connectivity index (χ4n) is 3.19. The number of rotatable bonds is 8. The predicted molar refractivity (Wildman–Crippen MR) is 122 cm³/mol. The second kappa shape index (κ2) is 9.75. The van der Waals surface area contributed by atoms with E-state index in [9.17, 15) is 13.2 Å². The Balaban J connectivity index is 1.89. The molecule has 31 heavy (non-hydrogen) atoms. The van der Waals surface area contributed by atoms with Crippen LogP contribution >= 0.6 is 0 Å². The molecule has 2 aromatic carbocycles. The van der Waals surface area contributed by atoms with Crippen LogP contribution in [-0.2, 0) is 14.8 Å². The van der Waals surface area contributed by atoms with Gasteiger partial charge in [0.2, 0.25) is 5.91 Å². The van der Waals surface area contributed by atoms with Crippen LogP contribution in [0.25, 0.3) is 0 Å². The lowest BCUT2D eigenvalue weighted by Gasteiger charge is -2.25. The van der Waals surface area contributed by atoms with Crippen LogP contribution in [-0.4, -0.2) is 25.9 Å². The van der Waals surface area contributed by atoms with E-state index in [0.717, 1.165) is 15.4 Å². The van der Waals surface area contributed by atoms with Gasteiger partial charge in [-0.2, -0.15) is 0 Å². The van der Waals surface area contributed by atoms with E-state index in [2.05, 4.69) is 24.1 Å². The summed E-state index contributed by atoms with van der Waals surface area (Å²) in [6.45, 7) is 5.65. The molecule has 0 aliphatic rings. The Morgan fingerprint density at radius 2 is 1.61 bits per heavy atom. The summed E-state index contributed by atoms with van der Waals surface area (Å²) in [6, 6.07) is 18.8. The van der Waals surface area contributed by atoms with Crippen molar-refractivity contribution in [2.24, 2.45) is 0 Å². The summed E-state index contributed by atoms with van der Waals surface area (Å²) in [5.74, 6) is -0.0827. The lowest BCUT2D eigenvalue weighted by Crippen LogP contribution is -2.41. The molecule has 1 atom stereocenters. The molecular formula is C24H27N3O3S. The molecule has 3 rings (SSSR count). The van der Waals surface area contributed by atoms with Gasteiger partial charge in [0, 0.05) is 12.4 Å². The molecule has 1 N–H and O–H groups in total. The Kier molecular flexibility index (Phi) is 7.07. The second-order valence-corrected chi connectivity index (χ2v) is 9.51. The van der Waals surface area contributed by atoms with Crippen molar-refractivity contribution in [3.05, 3.63) is 90.3 Å². The van der Waals surface area contributed by atoms with Crippen molar-refractivity contribution >= 4 is 21.6 Å². The van der Waals surface area contributed by atoms with E-state index < -0.39 is 15.9 Å². The zero-order chi connectivity index (χ0) is 22.4. The molecule has 1 heterocycles. The van der Waals surface area contributed by atoms with Crippen molar-refractivity contribution in [1.82, 2.24) is 10.3 Å². The molecule has 0 radical (unpaired) electrons. The van der Waals surface area contributed by atoms with E-state index in [1.165, 1.54) is 12.1 Å². The van der Waals surface area contributed by atoms with Gasteiger partial charge < -0.3 is 5.32 Å². The molecule has 6 nitrogen and oxygen atoms in total. The van der Waals surface area contributed by atoms with Crippen LogP contribution in [0.5, 0.6) is 0 Å². The van der Waals surface area contributed by atoms with E-state index in [1.807, 2.05) is 25.1 Å². The summed E-state index contributed by atoms with van der Waals surface area (Å²) < 4.78 is 27.9. The van der Waals surface area contributed by atoms with Gasteiger partial charge in [-0.05, 0) is 54.3 Å². The molecule has 3 aromatic rings. The number of anilines is 1. The molecule has 0 saturated carbocycles. The number of pyridine rings is 1. The second-order valence-electron chi connectivity index (χ2n) is 7.65. The predicted octanol–water partition coefficient (Wildman–Crippen LogP) is 4.28. The molecule has 0 aliphatic carbocycles. The number of aromatic nitrogens is 1. The SMILES string of the molecule is CC(C)c1ccc(N(CC(=O)NC(C)c2cccnc2)S(=O)(=O)c2ccccc2)cc1. The van der Waals surface area contributed by atoms with Crippen molar-refractivity contribution in [3.8, 4) is 0 Å². The Hall–Kier alpha value is -3.19. The van der Waals surface area contributed by atoms with E-state index in [1.54, 1.807) is 48.8 Å². The molecule has 1 amide bonds. The maximum Gasteiger partial charge on any atom is 0.264 e. The van der Waals surface area contributed by atoms with Gasteiger partial charge in [-0.3, -0.25) is 14.1 Å². The molecular weight excluding hydrogens is 410 g/mol. The van der Waals surface area contributed by atoms with Gasteiger partial charge in [-0.1, -0.05) is 50.2 Å². The highest BCUT2D eigenvalue weighted by Gasteiger charge is 2.27. The normalized spacial score (nSPS) is 12.4. The largest absolute Gasteiger partial charge is 0.348 e. The lowest BCUT2D eigenvalue weighted by molar-refractivity contribution is -0.120. The fourth-order valence-corrected chi connectivity index (χ4v) is 4.64. The zero-order valence-corrected chi connectivity index (χ0v) is 18.7. The first-order chi connectivity index (χ1) is 14.8. The van der Waals surface area contributed by atoms with Crippen molar-refractivity contribution < 1.29 is 13.2 Å². The summed E-state index contributed by atoms with van der Waals surface area (Å²) in [6.07, 6.45) is 3.33. The first-order valence-corrected chi connectivity index (χ1v) is 11.6. The Morgan fingerprint density at radius 1 is 0.935 bits per heavy atom. The van der Waals surface area contributed by atoms with Crippen molar-refractivity contribution in [3.63, 3.8) is 0 Å². The third-order valence-corrected chi connectivity index (χ3v) is 6.82. The van der Waals surface area contributed by atoms with Gasteiger partial charge in [-0.25, -0.2) is 8.42 Å². The number of carbonyl (C=O) groups excluding carboxylic acids is 1. The minimum Gasteiger partial charge on any atom is -0.348 e. The van der Waals surface area contributed by atoms with Gasteiger partial charge >= 0.3 is 0 Å². The topological polar surface area (TPSA) is 79.4 Å². The first kappa shape index (κ1) is 22.5. The molecule has 7 heteroatoms. The highest BCUT2D eigenvalue weighted by atomic mass is 32.2. The lowest BCUT2D eigenvalue weighted by atomic mass is 10.0. The summed E-state index contributed by atoms with van der Waals surface area (Å²) in [5, 5.41) is 2.86. The average molecular weight is 438 g/mol. The molecule has 0 saturated heterocycles. The number of amides is 1. The number of carbonyl (C=O) groups is 1. The number of hydrogen-bond donors (Lipinski definition) is 1. The maximum absolute atomic E-state index is 13.4. The van der Waals surface area contributed by atoms with E-state index in [-0.39, 0.29) is 17.5 Å². The Bertz CT molecular complexity index is 1100. The van der Waals surface area contributed by atoms with Crippen molar-refractivity contribution in [2.75, 3.05) is 10.8 Å². The van der Waals surface area contributed by atoms with Crippen LogP contribution in [0.15, 0.2) is 84.0 Å². The summed E-state index contributed by atoms with van der Waals surface area (Å²) in [5.41, 5.74) is 2.38. The third-order valence-electron chi connectivity index (χ3n) is 5.03. The molecule has 0 spiro atoms. The Labute approximate surface area is 184 Å². The van der Waals surface area contributed by atoms with Gasteiger partial charge in [0.1, 0.15) is 6.54 Å². The smallest absolute Gasteiger partial charge is 0.264 e. The van der Waals surface area contributed by atoms with E-state index >= 15 is 0 Å². The van der Waals surface area contributed by atoms with Crippen molar-refractivity contribution in [1.29, 1.82) is 0 Å². The van der Waals surface area contributed by atoms with E-state index in [4.69, 9.17) is 0 Å². The molecule has 162 valence electrons. The number of nitrogens with one attached hydrogen (secondary N) is 1. The minimum atomic E-state index is -3.92. The van der Waals surface area contributed by atoms with Gasteiger partial charge in [0.15, 0.2) is 0 Å². The van der Waals surface area contributed by atoms with Crippen LogP contribution in [0.1, 0.15) is 43.9 Å². The number of benzene rings is 2. The fraction of sp³-hybridized carbons (Fsp3) is 0.250. The molecule has 0 aliphatic heterocycles. The number of sulfonamides is 1. The molecule has 0 fully saturated rings. The standard InChI is InChI=1S/C24H27N3O3S/c1-18(2)20-11-13-22(14-12-20)27(31(29,30)23-9-5-4-6-10-23)17-24(28)26-19(3)21-8-7-15-25-16-21/h4-16,18-19H,17H2,1-3H3,(H,26,28). The number of hydrogen-bond acceptors (Lipinski definition) is 4. The van der Waals surface area contributed by atoms with Crippen LogP contribution in [0.4, 0.5) is 5.69 Å². The van der Waals surface area contributed by atoms with Gasteiger partial charge in [0.25, 0.3) is 10.0 Å². The summed E-state index contributed by atoms with van der Waals surface area (Å²) >= 11 is 0. The van der Waals surface area contributed by atoms with Crippen LogP contribution in [0.3, 0.4) is 0 Å². The Morgan fingerprint density at radius 3 is 2.19 bits per heavy atom. The van der Waals surface area contributed by atoms with E-state index in [0.29, 0.717) is 11.6 Å². The summed E-state index contributed by atoms with van der Waals surface area (Å²) in [4.78, 5) is 17.0. The summed E-state index contributed by atoms with van der Waals surface area (Å²) in [7, 11) is -3.92. The van der Waals surface area contributed by atoms with Crippen LogP contribution in [0.2, 0.25) is 0 Å². The van der Waals surface area contributed by atoms with Crippen LogP contribution in [0, 0.1) is 0 Å². The van der Waals surface area contributed by atoms with Gasteiger partial charge in [-0.15, -0.1) is 0 Å². The zero-order valence-electron chi connectivity index (χ0n) is 17.9. The monoisotopic (exact) mass is 437 g/mol. The molecule has 1 aromatic heterocycles. The van der Waals surface area contributed by atoms with Gasteiger partial charge in [0.05, 0.1) is 16.6 Å². The minimum absolute atomic E-state index is 0.135. The highest BCUT2D eigenvalue weighted by Crippen LogP contribution is 2.26. The third kappa shape index (κ3) is 5.49. The number of nitrogens with zero attached hydrogens (tertiary/aromatic N) is 2. The van der Waals surface area contributed by atoms with Crippen LogP contribution < -0.4 is 9.62 Å². The first-order valence-electron chi connectivity index (χ1n) is 10.2. The quantitative estimate of drug-likeness (QED) is 0.571. The average Bonchev–Trinajstić information content (AvgIpc) is 2.78. The maximum atomic E-state index is 13.4. The highest BCUT2D eigenvalue weighted by molar-refractivity contribution is 7.92. The molecule has 1 unspecified atom stereocenters.